The molecule has 2 atom stereocenters. The summed E-state index contributed by atoms with van der Waals surface area (Å²) >= 11 is 0. The van der Waals surface area contributed by atoms with Crippen molar-refractivity contribution in [3.05, 3.63) is 18.0 Å². The van der Waals surface area contributed by atoms with Crippen LogP contribution in [-0.4, -0.2) is 22.9 Å². The van der Waals surface area contributed by atoms with Crippen molar-refractivity contribution in [2.24, 2.45) is 18.9 Å². The first kappa shape index (κ1) is 11.6. The molecule has 0 spiro atoms. The Labute approximate surface area is 98.2 Å². The minimum atomic E-state index is 0.918. The van der Waals surface area contributed by atoms with Crippen molar-refractivity contribution in [1.29, 1.82) is 0 Å². The van der Waals surface area contributed by atoms with Gasteiger partial charge in [0.2, 0.25) is 0 Å². The van der Waals surface area contributed by atoms with Crippen LogP contribution < -0.4 is 5.32 Å². The van der Waals surface area contributed by atoms with Crippen LogP contribution in [0.25, 0.3) is 0 Å². The van der Waals surface area contributed by atoms with Crippen molar-refractivity contribution in [2.45, 2.75) is 32.6 Å². The quantitative estimate of drug-likeness (QED) is 0.771. The van der Waals surface area contributed by atoms with Crippen LogP contribution in [0, 0.1) is 11.8 Å². The van der Waals surface area contributed by atoms with Crippen LogP contribution >= 0.6 is 0 Å². The van der Waals surface area contributed by atoms with E-state index in [-0.39, 0.29) is 0 Å². The van der Waals surface area contributed by atoms with Crippen molar-refractivity contribution < 1.29 is 0 Å². The van der Waals surface area contributed by atoms with Gasteiger partial charge in [-0.3, -0.25) is 4.68 Å². The number of nitrogens with one attached hydrogen (secondary N) is 1. The SMILES string of the molecule is CC1CCC(CNCCc2ccnn2C)C1. The lowest BCUT2D eigenvalue weighted by molar-refractivity contribution is 0.471. The molecule has 0 aromatic carbocycles. The summed E-state index contributed by atoms with van der Waals surface area (Å²) in [4.78, 5) is 0. The molecule has 1 aliphatic carbocycles. The Morgan fingerprint density at radius 2 is 2.38 bits per heavy atom. The molecule has 0 aliphatic heterocycles. The first-order valence-corrected chi connectivity index (χ1v) is 6.43. The second kappa shape index (κ2) is 5.48. The lowest BCUT2D eigenvalue weighted by Crippen LogP contribution is -2.24. The van der Waals surface area contributed by atoms with E-state index in [1.54, 1.807) is 0 Å². The molecule has 0 radical (unpaired) electrons. The van der Waals surface area contributed by atoms with E-state index in [0.717, 1.165) is 24.8 Å². The number of nitrogens with zero attached hydrogens (tertiary/aromatic N) is 2. The molecule has 3 heteroatoms. The van der Waals surface area contributed by atoms with Crippen molar-refractivity contribution in [3.8, 4) is 0 Å². The minimum absolute atomic E-state index is 0.918. The fourth-order valence-corrected chi connectivity index (χ4v) is 2.68. The standard InChI is InChI=1S/C13H23N3/c1-11-3-4-12(9-11)10-14-7-5-13-6-8-15-16(13)2/h6,8,11-12,14H,3-5,7,9-10H2,1-2H3. The van der Waals surface area contributed by atoms with Crippen molar-refractivity contribution in [2.75, 3.05) is 13.1 Å². The van der Waals surface area contributed by atoms with Crippen LogP contribution in [0.15, 0.2) is 12.3 Å². The molecule has 3 nitrogen and oxygen atoms in total. The monoisotopic (exact) mass is 221 g/mol. The topological polar surface area (TPSA) is 29.9 Å². The zero-order chi connectivity index (χ0) is 11.4. The van der Waals surface area contributed by atoms with Crippen LogP contribution in [0.1, 0.15) is 31.9 Å². The molecule has 2 unspecified atom stereocenters. The largest absolute Gasteiger partial charge is 0.316 e. The molecule has 1 fully saturated rings. The molecule has 90 valence electrons. The van der Waals surface area contributed by atoms with Gasteiger partial charge in [-0.15, -0.1) is 0 Å². The highest BCUT2D eigenvalue weighted by molar-refractivity contribution is 5.00. The van der Waals surface area contributed by atoms with E-state index in [9.17, 15) is 0 Å². The predicted molar refractivity (Wildman–Crippen MR) is 66.3 cm³/mol. The van der Waals surface area contributed by atoms with Crippen LogP contribution in [0.5, 0.6) is 0 Å². The van der Waals surface area contributed by atoms with Gasteiger partial charge in [0.05, 0.1) is 0 Å². The molecule has 16 heavy (non-hydrogen) atoms. The molecule has 1 aromatic heterocycles. The van der Waals surface area contributed by atoms with Gasteiger partial charge in [-0.2, -0.15) is 5.10 Å². The fourth-order valence-electron chi connectivity index (χ4n) is 2.68. The van der Waals surface area contributed by atoms with Crippen LogP contribution in [0.3, 0.4) is 0 Å². The second-order valence-corrected chi connectivity index (χ2v) is 5.18. The van der Waals surface area contributed by atoms with Gasteiger partial charge in [0.1, 0.15) is 0 Å². The zero-order valence-corrected chi connectivity index (χ0v) is 10.4. The summed E-state index contributed by atoms with van der Waals surface area (Å²) in [5.41, 5.74) is 1.31. The Bertz CT molecular complexity index is 319. The Balaban J connectivity index is 1.60. The van der Waals surface area contributed by atoms with E-state index in [0.29, 0.717) is 0 Å². The molecule has 2 rings (SSSR count). The third-order valence-corrected chi connectivity index (χ3v) is 3.72. The summed E-state index contributed by atoms with van der Waals surface area (Å²) in [6.07, 6.45) is 7.21. The number of rotatable bonds is 5. The van der Waals surface area contributed by atoms with Gasteiger partial charge in [-0.1, -0.05) is 13.3 Å². The second-order valence-electron chi connectivity index (χ2n) is 5.18. The normalized spacial score (nSPS) is 25.1. The Hall–Kier alpha value is -0.830. The van der Waals surface area contributed by atoms with Crippen molar-refractivity contribution in [1.82, 2.24) is 15.1 Å². The van der Waals surface area contributed by atoms with Gasteiger partial charge in [0, 0.05) is 31.9 Å². The van der Waals surface area contributed by atoms with E-state index >= 15 is 0 Å². The lowest BCUT2D eigenvalue weighted by atomic mass is 10.1. The van der Waals surface area contributed by atoms with E-state index < -0.39 is 0 Å². The molecule has 0 saturated heterocycles. The maximum Gasteiger partial charge on any atom is 0.0492 e. The molecule has 1 saturated carbocycles. The number of hydrogen-bond acceptors (Lipinski definition) is 2. The maximum absolute atomic E-state index is 4.17. The highest BCUT2D eigenvalue weighted by Gasteiger charge is 2.20. The highest BCUT2D eigenvalue weighted by Crippen LogP contribution is 2.29. The van der Waals surface area contributed by atoms with Crippen molar-refractivity contribution in [3.63, 3.8) is 0 Å². The number of aryl methyl sites for hydroxylation is 1. The summed E-state index contributed by atoms with van der Waals surface area (Å²) in [6.45, 7) is 4.64. The molecular formula is C13H23N3. The average Bonchev–Trinajstić information content (AvgIpc) is 2.83. The predicted octanol–water partition coefficient (Wildman–Crippen LogP) is 1.99. The first-order valence-electron chi connectivity index (χ1n) is 6.43. The Morgan fingerprint density at radius 1 is 1.50 bits per heavy atom. The van der Waals surface area contributed by atoms with E-state index in [1.807, 2.05) is 17.9 Å². The minimum Gasteiger partial charge on any atom is -0.316 e. The van der Waals surface area contributed by atoms with Gasteiger partial charge in [0.25, 0.3) is 0 Å². The highest BCUT2D eigenvalue weighted by atomic mass is 15.3. The first-order chi connectivity index (χ1) is 7.75. The summed E-state index contributed by atoms with van der Waals surface area (Å²) in [5.74, 6) is 1.87. The van der Waals surface area contributed by atoms with Crippen LogP contribution in [0.4, 0.5) is 0 Å². The van der Waals surface area contributed by atoms with Gasteiger partial charge in [0.15, 0.2) is 0 Å². The van der Waals surface area contributed by atoms with Gasteiger partial charge < -0.3 is 5.32 Å². The third kappa shape index (κ3) is 3.08. The summed E-state index contributed by atoms with van der Waals surface area (Å²) in [6, 6.07) is 2.10. The Morgan fingerprint density at radius 3 is 3.00 bits per heavy atom. The van der Waals surface area contributed by atoms with Gasteiger partial charge in [-0.05, 0) is 37.3 Å². The Kier molecular flexibility index (Phi) is 3.99. The van der Waals surface area contributed by atoms with E-state index in [1.165, 1.54) is 31.5 Å². The molecular weight excluding hydrogens is 198 g/mol. The molecule has 1 heterocycles. The van der Waals surface area contributed by atoms with Crippen LogP contribution in [0.2, 0.25) is 0 Å². The molecule has 1 aromatic rings. The number of hydrogen-bond donors (Lipinski definition) is 1. The maximum atomic E-state index is 4.17. The summed E-state index contributed by atoms with van der Waals surface area (Å²) in [7, 11) is 2.01. The van der Waals surface area contributed by atoms with Crippen molar-refractivity contribution >= 4 is 0 Å². The third-order valence-electron chi connectivity index (χ3n) is 3.72. The molecule has 1 N–H and O–H groups in total. The fraction of sp³-hybridized carbons (Fsp3) is 0.769. The zero-order valence-electron chi connectivity index (χ0n) is 10.4. The summed E-state index contributed by atoms with van der Waals surface area (Å²) < 4.78 is 1.96. The average molecular weight is 221 g/mol. The number of aromatic nitrogens is 2. The van der Waals surface area contributed by atoms with Gasteiger partial charge >= 0.3 is 0 Å². The van der Waals surface area contributed by atoms with Gasteiger partial charge in [-0.25, -0.2) is 0 Å². The lowest BCUT2D eigenvalue weighted by Gasteiger charge is -2.10. The molecule has 0 bridgehead atoms. The summed E-state index contributed by atoms with van der Waals surface area (Å²) in [5, 5.41) is 7.74. The van der Waals surface area contributed by atoms with E-state index in [2.05, 4.69) is 23.4 Å². The smallest absolute Gasteiger partial charge is 0.0492 e. The van der Waals surface area contributed by atoms with E-state index in [4.69, 9.17) is 0 Å². The van der Waals surface area contributed by atoms with Crippen LogP contribution in [-0.2, 0) is 13.5 Å². The molecule has 1 aliphatic rings. The molecule has 0 amide bonds.